The van der Waals surface area contributed by atoms with E-state index in [4.69, 9.17) is 0 Å². The molecule has 0 N–H and O–H groups in total. The molecule has 0 heteroatoms. The van der Waals surface area contributed by atoms with Crippen molar-refractivity contribution in [1.29, 1.82) is 0 Å². The monoisotopic (exact) mass is 196 g/mol. The number of allylic oxidation sites excluding steroid dienone is 8. The van der Waals surface area contributed by atoms with Gasteiger partial charge in [-0.2, -0.15) is 0 Å². The smallest absolute Gasteiger partial charge is 0.000752 e. The lowest BCUT2D eigenvalue weighted by Gasteiger charge is -2.24. The van der Waals surface area contributed by atoms with Crippen LogP contribution in [0.5, 0.6) is 0 Å². The minimum absolute atomic E-state index is 0.648. The van der Waals surface area contributed by atoms with E-state index in [1.165, 1.54) is 6.42 Å². The fraction of sp³-hybridized carbons (Fsp3) is 0.467. The summed E-state index contributed by atoms with van der Waals surface area (Å²) in [7, 11) is 0. The van der Waals surface area contributed by atoms with E-state index in [1.54, 1.807) is 11.1 Å². The van der Waals surface area contributed by atoms with Crippen molar-refractivity contribution in [2.45, 2.75) is 13.3 Å². The summed E-state index contributed by atoms with van der Waals surface area (Å²) in [6, 6.07) is 0. The first-order chi connectivity index (χ1) is 7.34. The van der Waals surface area contributed by atoms with Gasteiger partial charge in [-0.1, -0.05) is 43.4 Å². The van der Waals surface area contributed by atoms with Gasteiger partial charge in [-0.05, 0) is 47.2 Å². The van der Waals surface area contributed by atoms with Crippen LogP contribution in [0.1, 0.15) is 13.3 Å². The molecule has 4 aliphatic carbocycles. The van der Waals surface area contributed by atoms with Crippen LogP contribution in [0, 0.1) is 29.6 Å². The van der Waals surface area contributed by atoms with E-state index in [2.05, 4.69) is 43.4 Å². The summed E-state index contributed by atoms with van der Waals surface area (Å²) in [6.45, 7) is 2.33. The van der Waals surface area contributed by atoms with Gasteiger partial charge in [-0.25, -0.2) is 0 Å². The van der Waals surface area contributed by atoms with Crippen molar-refractivity contribution < 1.29 is 0 Å². The molecule has 0 spiro atoms. The van der Waals surface area contributed by atoms with E-state index in [0.717, 1.165) is 23.7 Å². The van der Waals surface area contributed by atoms with Crippen molar-refractivity contribution in [3.05, 3.63) is 47.6 Å². The van der Waals surface area contributed by atoms with Gasteiger partial charge in [0.05, 0.1) is 0 Å². The van der Waals surface area contributed by atoms with Gasteiger partial charge in [0.2, 0.25) is 0 Å². The maximum atomic E-state index is 2.58. The van der Waals surface area contributed by atoms with Gasteiger partial charge >= 0.3 is 0 Å². The number of hydrogen-bond acceptors (Lipinski definition) is 0. The molecule has 0 saturated heterocycles. The second-order valence-electron chi connectivity index (χ2n) is 5.47. The average Bonchev–Trinajstić information content (AvgIpc) is 2.87. The fourth-order valence-electron chi connectivity index (χ4n) is 4.07. The van der Waals surface area contributed by atoms with Crippen LogP contribution < -0.4 is 0 Å². The molecule has 0 aromatic heterocycles. The van der Waals surface area contributed by atoms with Crippen LogP contribution in [0.2, 0.25) is 0 Å². The molecular formula is C15H16. The van der Waals surface area contributed by atoms with Gasteiger partial charge in [0.25, 0.3) is 0 Å². The van der Waals surface area contributed by atoms with Gasteiger partial charge in [0, 0.05) is 0 Å². The quantitative estimate of drug-likeness (QED) is 0.520. The van der Waals surface area contributed by atoms with E-state index in [1.807, 2.05) is 0 Å². The molecule has 15 heavy (non-hydrogen) atoms. The van der Waals surface area contributed by atoms with Crippen molar-refractivity contribution in [3.8, 4) is 0 Å². The SMILES string of the molecule is CC1C=CC=C2C1=CC1C3C=CC(C3)C21. The molecule has 2 bridgehead atoms. The predicted octanol–water partition coefficient (Wildman–Crippen LogP) is 3.50. The summed E-state index contributed by atoms with van der Waals surface area (Å²) < 4.78 is 0. The molecule has 0 aliphatic heterocycles. The van der Waals surface area contributed by atoms with Crippen LogP contribution in [-0.2, 0) is 0 Å². The van der Waals surface area contributed by atoms with Crippen molar-refractivity contribution in [1.82, 2.24) is 0 Å². The molecule has 5 unspecified atom stereocenters. The van der Waals surface area contributed by atoms with Crippen molar-refractivity contribution in [2.24, 2.45) is 29.6 Å². The molecule has 0 amide bonds. The second kappa shape index (κ2) is 2.55. The number of fused-ring (bicyclic) bond motifs is 7. The van der Waals surface area contributed by atoms with Crippen LogP contribution in [0.25, 0.3) is 0 Å². The van der Waals surface area contributed by atoms with E-state index < -0.39 is 0 Å². The highest BCUT2D eigenvalue weighted by atomic mass is 14.5. The first-order valence-electron chi connectivity index (χ1n) is 6.13. The van der Waals surface area contributed by atoms with Crippen LogP contribution in [0.3, 0.4) is 0 Å². The summed E-state index contributed by atoms with van der Waals surface area (Å²) in [6.07, 6.45) is 15.9. The van der Waals surface area contributed by atoms with Crippen LogP contribution in [0.4, 0.5) is 0 Å². The van der Waals surface area contributed by atoms with Gasteiger partial charge in [-0.3, -0.25) is 0 Å². The lowest BCUT2D eigenvalue weighted by atomic mass is 9.80. The predicted molar refractivity (Wildman–Crippen MR) is 62.2 cm³/mol. The Morgan fingerprint density at radius 1 is 1.07 bits per heavy atom. The Hall–Kier alpha value is -1.04. The average molecular weight is 196 g/mol. The molecule has 0 nitrogen and oxygen atoms in total. The molecular weight excluding hydrogens is 180 g/mol. The lowest BCUT2D eigenvalue weighted by molar-refractivity contribution is 0.451. The molecule has 0 aromatic rings. The van der Waals surface area contributed by atoms with E-state index in [9.17, 15) is 0 Å². The molecule has 4 aliphatic rings. The molecule has 1 saturated carbocycles. The molecule has 4 rings (SSSR count). The Labute approximate surface area is 91.1 Å². The van der Waals surface area contributed by atoms with Crippen molar-refractivity contribution in [3.63, 3.8) is 0 Å². The molecule has 0 heterocycles. The minimum atomic E-state index is 0.648. The first-order valence-corrected chi connectivity index (χ1v) is 6.13. The largest absolute Gasteiger partial charge is 0.0845 e. The highest BCUT2D eigenvalue weighted by Gasteiger charge is 2.49. The third-order valence-electron chi connectivity index (χ3n) is 4.75. The summed E-state index contributed by atoms with van der Waals surface area (Å²) >= 11 is 0. The van der Waals surface area contributed by atoms with Gasteiger partial charge in [-0.15, -0.1) is 0 Å². The molecule has 0 radical (unpaired) electrons. The zero-order valence-corrected chi connectivity index (χ0v) is 9.06. The lowest BCUT2D eigenvalue weighted by Crippen LogP contribution is -2.16. The molecule has 0 aromatic carbocycles. The summed E-state index contributed by atoms with van der Waals surface area (Å²) in [4.78, 5) is 0. The van der Waals surface area contributed by atoms with Gasteiger partial charge < -0.3 is 0 Å². The van der Waals surface area contributed by atoms with E-state index >= 15 is 0 Å². The molecule has 5 atom stereocenters. The maximum absolute atomic E-state index is 2.58. The van der Waals surface area contributed by atoms with Crippen molar-refractivity contribution in [2.75, 3.05) is 0 Å². The Morgan fingerprint density at radius 3 is 2.87 bits per heavy atom. The topological polar surface area (TPSA) is 0 Å². The minimum Gasteiger partial charge on any atom is -0.0845 e. The zero-order chi connectivity index (χ0) is 9.99. The number of rotatable bonds is 0. The Kier molecular flexibility index (Phi) is 1.39. The highest BCUT2D eigenvalue weighted by molar-refractivity contribution is 5.51. The van der Waals surface area contributed by atoms with Crippen LogP contribution >= 0.6 is 0 Å². The standard InChI is InChI=1S/C15H16/c1-9-3-2-4-12-13(9)8-14-10-5-6-11(7-10)15(12)14/h2-6,8-11,14-15H,7H2,1H3. The van der Waals surface area contributed by atoms with Crippen molar-refractivity contribution >= 4 is 0 Å². The summed E-state index contributed by atoms with van der Waals surface area (Å²) in [5, 5.41) is 0. The number of hydrogen-bond donors (Lipinski definition) is 0. The first kappa shape index (κ1) is 8.15. The molecule has 1 fully saturated rings. The van der Waals surface area contributed by atoms with Gasteiger partial charge in [0.1, 0.15) is 0 Å². The van der Waals surface area contributed by atoms with Gasteiger partial charge in [0.15, 0.2) is 0 Å². The van der Waals surface area contributed by atoms with E-state index in [0.29, 0.717) is 5.92 Å². The molecule has 76 valence electrons. The maximum Gasteiger partial charge on any atom is -0.000752 e. The Bertz CT molecular complexity index is 433. The Balaban J connectivity index is 1.84. The van der Waals surface area contributed by atoms with Crippen LogP contribution in [-0.4, -0.2) is 0 Å². The highest BCUT2D eigenvalue weighted by Crippen LogP contribution is 2.58. The third kappa shape index (κ3) is 0.884. The third-order valence-corrected chi connectivity index (χ3v) is 4.75. The Morgan fingerprint density at radius 2 is 1.93 bits per heavy atom. The fourth-order valence-corrected chi connectivity index (χ4v) is 4.07. The normalized spacial score (nSPS) is 49.0. The van der Waals surface area contributed by atoms with E-state index in [-0.39, 0.29) is 0 Å². The van der Waals surface area contributed by atoms with Crippen LogP contribution in [0.15, 0.2) is 47.6 Å². The second-order valence-corrected chi connectivity index (χ2v) is 5.47. The zero-order valence-electron chi connectivity index (χ0n) is 9.06. The summed E-state index contributed by atoms with van der Waals surface area (Å²) in [5.41, 5.74) is 3.29. The summed E-state index contributed by atoms with van der Waals surface area (Å²) in [5.74, 6) is 4.02.